The highest BCUT2D eigenvalue weighted by Gasteiger charge is 2.36. The van der Waals surface area contributed by atoms with Gasteiger partial charge in [-0.15, -0.1) is 0 Å². The van der Waals surface area contributed by atoms with Crippen LogP contribution in [0.1, 0.15) is 24.8 Å². The smallest absolute Gasteiger partial charge is 0.126 e. The van der Waals surface area contributed by atoms with Gasteiger partial charge in [0.1, 0.15) is 6.29 Å². The van der Waals surface area contributed by atoms with Gasteiger partial charge in [-0.05, 0) is 46.8 Å². The fourth-order valence-corrected chi connectivity index (χ4v) is 2.34. The van der Waals surface area contributed by atoms with Crippen LogP contribution in [-0.4, -0.2) is 11.3 Å². The van der Waals surface area contributed by atoms with Gasteiger partial charge in [0.25, 0.3) is 0 Å². The Morgan fingerprint density at radius 1 is 1.50 bits per heavy atom. The van der Waals surface area contributed by atoms with Gasteiger partial charge >= 0.3 is 0 Å². The van der Waals surface area contributed by atoms with Crippen LogP contribution in [-0.2, 0) is 11.2 Å². The number of rotatable bonds is 3. The molecule has 1 aromatic rings. The second kappa shape index (κ2) is 3.81. The minimum atomic E-state index is -0.0809. The third kappa shape index (κ3) is 1.87. The van der Waals surface area contributed by atoms with E-state index in [1.54, 1.807) is 6.20 Å². The summed E-state index contributed by atoms with van der Waals surface area (Å²) >= 11 is 3.38. The Balaban J connectivity index is 2.13. The number of nitrogens with zero attached hydrogens (tertiary/aromatic N) is 1. The SMILES string of the molecule is O=CC1(Cc2cncc(Br)c2)CCC1. The molecular formula is C11H12BrNO. The van der Waals surface area contributed by atoms with E-state index in [1.807, 2.05) is 12.3 Å². The highest BCUT2D eigenvalue weighted by molar-refractivity contribution is 9.10. The Bertz CT molecular complexity index is 347. The topological polar surface area (TPSA) is 30.0 Å². The second-order valence-corrected chi connectivity index (χ2v) is 4.94. The number of carbonyl (C=O) groups is 1. The number of hydrogen-bond acceptors (Lipinski definition) is 2. The number of carbonyl (C=O) groups excluding carboxylic acids is 1. The molecule has 1 aliphatic rings. The monoisotopic (exact) mass is 253 g/mol. The first-order valence-corrected chi connectivity index (χ1v) is 5.59. The lowest BCUT2D eigenvalue weighted by Crippen LogP contribution is -2.33. The van der Waals surface area contributed by atoms with E-state index in [-0.39, 0.29) is 5.41 Å². The van der Waals surface area contributed by atoms with E-state index in [4.69, 9.17) is 0 Å². The quantitative estimate of drug-likeness (QED) is 0.776. The molecule has 1 saturated carbocycles. The van der Waals surface area contributed by atoms with Crippen LogP contribution in [0.25, 0.3) is 0 Å². The molecule has 1 heterocycles. The minimum Gasteiger partial charge on any atom is -0.303 e. The fourth-order valence-electron chi connectivity index (χ4n) is 1.93. The summed E-state index contributed by atoms with van der Waals surface area (Å²) < 4.78 is 0.982. The first kappa shape index (κ1) is 9.84. The van der Waals surface area contributed by atoms with E-state index in [0.717, 1.165) is 35.6 Å². The summed E-state index contributed by atoms with van der Waals surface area (Å²) in [6.07, 6.45) is 8.80. The van der Waals surface area contributed by atoms with Gasteiger partial charge in [-0.3, -0.25) is 4.98 Å². The first-order valence-electron chi connectivity index (χ1n) is 4.80. The van der Waals surface area contributed by atoms with Gasteiger partial charge in [0, 0.05) is 22.3 Å². The van der Waals surface area contributed by atoms with Crippen molar-refractivity contribution in [1.29, 1.82) is 0 Å². The zero-order valence-electron chi connectivity index (χ0n) is 7.87. The lowest BCUT2D eigenvalue weighted by atomic mass is 9.67. The van der Waals surface area contributed by atoms with Crippen molar-refractivity contribution in [3.63, 3.8) is 0 Å². The molecule has 2 rings (SSSR count). The van der Waals surface area contributed by atoms with Crippen LogP contribution in [0, 0.1) is 5.41 Å². The molecule has 14 heavy (non-hydrogen) atoms. The van der Waals surface area contributed by atoms with Crippen LogP contribution in [0.3, 0.4) is 0 Å². The summed E-state index contributed by atoms with van der Waals surface area (Å²) in [5.74, 6) is 0. The highest BCUT2D eigenvalue weighted by atomic mass is 79.9. The Morgan fingerprint density at radius 3 is 2.79 bits per heavy atom. The largest absolute Gasteiger partial charge is 0.303 e. The van der Waals surface area contributed by atoms with Gasteiger partial charge in [-0.2, -0.15) is 0 Å². The summed E-state index contributed by atoms with van der Waals surface area (Å²) in [5.41, 5.74) is 1.06. The molecule has 2 nitrogen and oxygen atoms in total. The number of hydrogen-bond donors (Lipinski definition) is 0. The van der Waals surface area contributed by atoms with E-state index >= 15 is 0 Å². The minimum absolute atomic E-state index is 0.0809. The standard InChI is InChI=1S/C11H12BrNO/c12-10-4-9(6-13-7-10)5-11(8-14)2-1-3-11/h4,6-8H,1-3,5H2. The van der Waals surface area contributed by atoms with Crippen molar-refractivity contribution in [2.24, 2.45) is 5.41 Å². The lowest BCUT2D eigenvalue weighted by Gasteiger charge is -2.36. The van der Waals surface area contributed by atoms with Crippen LogP contribution >= 0.6 is 15.9 Å². The molecule has 0 bridgehead atoms. The Labute approximate surface area is 91.9 Å². The maximum absolute atomic E-state index is 11.0. The number of pyridine rings is 1. The predicted octanol–water partition coefficient (Wildman–Crippen LogP) is 2.76. The third-order valence-corrected chi connectivity index (χ3v) is 3.35. The maximum Gasteiger partial charge on any atom is 0.126 e. The van der Waals surface area contributed by atoms with Crippen molar-refractivity contribution in [2.75, 3.05) is 0 Å². The normalized spacial score (nSPS) is 18.6. The van der Waals surface area contributed by atoms with Crippen LogP contribution in [0.5, 0.6) is 0 Å². The summed E-state index contributed by atoms with van der Waals surface area (Å²) in [6, 6.07) is 2.04. The van der Waals surface area contributed by atoms with Crippen molar-refractivity contribution in [3.05, 3.63) is 28.5 Å². The van der Waals surface area contributed by atoms with Crippen LogP contribution in [0.4, 0.5) is 0 Å². The molecule has 0 unspecified atom stereocenters. The van der Waals surface area contributed by atoms with Crippen LogP contribution in [0.15, 0.2) is 22.9 Å². The van der Waals surface area contributed by atoms with Crippen molar-refractivity contribution in [3.8, 4) is 0 Å². The number of aromatic nitrogens is 1. The number of halogens is 1. The highest BCUT2D eigenvalue weighted by Crippen LogP contribution is 2.41. The lowest BCUT2D eigenvalue weighted by molar-refractivity contribution is -0.120. The van der Waals surface area contributed by atoms with E-state index < -0.39 is 0 Å². The molecule has 1 aliphatic carbocycles. The molecule has 0 aliphatic heterocycles. The van der Waals surface area contributed by atoms with Crippen LogP contribution < -0.4 is 0 Å². The first-order chi connectivity index (χ1) is 6.74. The molecular weight excluding hydrogens is 242 g/mol. The Kier molecular flexibility index (Phi) is 2.68. The molecule has 0 atom stereocenters. The van der Waals surface area contributed by atoms with E-state index in [2.05, 4.69) is 20.9 Å². The molecule has 0 aromatic carbocycles. The Morgan fingerprint density at radius 2 is 2.29 bits per heavy atom. The molecule has 1 aromatic heterocycles. The van der Waals surface area contributed by atoms with Gasteiger partial charge in [-0.25, -0.2) is 0 Å². The van der Waals surface area contributed by atoms with E-state index in [0.29, 0.717) is 0 Å². The summed E-state index contributed by atoms with van der Waals surface area (Å²) in [6.45, 7) is 0. The van der Waals surface area contributed by atoms with Crippen molar-refractivity contribution < 1.29 is 4.79 Å². The molecule has 0 amide bonds. The van der Waals surface area contributed by atoms with E-state index in [1.165, 1.54) is 6.42 Å². The third-order valence-electron chi connectivity index (χ3n) is 2.92. The van der Waals surface area contributed by atoms with Gasteiger partial charge in [-0.1, -0.05) is 6.42 Å². The predicted molar refractivity (Wildman–Crippen MR) is 58.0 cm³/mol. The molecule has 1 fully saturated rings. The van der Waals surface area contributed by atoms with Crippen molar-refractivity contribution in [2.45, 2.75) is 25.7 Å². The van der Waals surface area contributed by atoms with E-state index in [9.17, 15) is 4.79 Å². The average Bonchev–Trinajstić information content (AvgIpc) is 2.11. The fraction of sp³-hybridized carbons (Fsp3) is 0.455. The molecule has 0 saturated heterocycles. The second-order valence-electron chi connectivity index (χ2n) is 4.02. The van der Waals surface area contributed by atoms with Gasteiger partial charge < -0.3 is 4.79 Å². The molecule has 0 N–H and O–H groups in total. The van der Waals surface area contributed by atoms with Crippen molar-refractivity contribution in [1.82, 2.24) is 4.98 Å². The van der Waals surface area contributed by atoms with Gasteiger partial charge in [0.2, 0.25) is 0 Å². The van der Waals surface area contributed by atoms with Crippen LogP contribution in [0.2, 0.25) is 0 Å². The summed E-state index contributed by atoms with van der Waals surface area (Å²) in [5, 5.41) is 0. The number of aldehydes is 1. The molecule has 74 valence electrons. The zero-order chi connectivity index (χ0) is 10.0. The molecule has 3 heteroatoms. The zero-order valence-corrected chi connectivity index (χ0v) is 9.46. The summed E-state index contributed by atoms with van der Waals surface area (Å²) in [4.78, 5) is 15.1. The van der Waals surface area contributed by atoms with Gasteiger partial charge in [0.15, 0.2) is 0 Å². The average molecular weight is 254 g/mol. The summed E-state index contributed by atoms with van der Waals surface area (Å²) in [7, 11) is 0. The van der Waals surface area contributed by atoms with Gasteiger partial charge in [0.05, 0.1) is 0 Å². The Hall–Kier alpha value is -0.700. The molecule has 0 spiro atoms. The van der Waals surface area contributed by atoms with Crippen molar-refractivity contribution >= 4 is 22.2 Å². The molecule has 0 radical (unpaired) electrons. The maximum atomic E-state index is 11.0.